The van der Waals surface area contributed by atoms with Gasteiger partial charge in [-0.1, -0.05) is 40.2 Å². The highest BCUT2D eigenvalue weighted by molar-refractivity contribution is 9.10. The summed E-state index contributed by atoms with van der Waals surface area (Å²) in [6.07, 6.45) is 2.03. The Morgan fingerprint density at radius 1 is 1.28 bits per heavy atom. The van der Waals surface area contributed by atoms with Crippen molar-refractivity contribution < 1.29 is 9.53 Å². The molecule has 0 unspecified atom stereocenters. The summed E-state index contributed by atoms with van der Waals surface area (Å²) < 4.78 is 6.34. The van der Waals surface area contributed by atoms with Gasteiger partial charge in [-0.3, -0.25) is 4.79 Å². The molecule has 25 heavy (non-hydrogen) atoms. The van der Waals surface area contributed by atoms with E-state index in [2.05, 4.69) is 26.6 Å². The molecule has 0 aromatic heterocycles. The van der Waals surface area contributed by atoms with Crippen LogP contribution in [0.15, 0.2) is 40.9 Å². The van der Waals surface area contributed by atoms with Crippen LogP contribution in [0.1, 0.15) is 23.2 Å². The molecule has 4 nitrogen and oxygen atoms in total. The van der Waals surface area contributed by atoms with E-state index in [1.54, 1.807) is 7.11 Å². The Balaban J connectivity index is 0.00000225. The number of amides is 1. The number of benzene rings is 2. The number of hydrogen-bond donors (Lipinski definition) is 2. The smallest absolute Gasteiger partial charge is 0.251 e. The molecule has 2 aromatic carbocycles. The first kappa shape index (κ1) is 20.2. The molecule has 0 radical (unpaired) electrons. The van der Waals surface area contributed by atoms with Gasteiger partial charge >= 0.3 is 0 Å². The van der Waals surface area contributed by atoms with Crippen LogP contribution in [0.5, 0.6) is 0 Å². The molecule has 3 rings (SSSR count). The van der Waals surface area contributed by atoms with E-state index in [0.717, 1.165) is 41.2 Å². The van der Waals surface area contributed by atoms with Crippen molar-refractivity contribution in [2.24, 2.45) is 5.41 Å². The van der Waals surface area contributed by atoms with Crippen molar-refractivity contribution in [2.75, 3.05) is 33.4 Å². The predicted molar refractivity (Wildman–Crippen MR) is 108 cm³/mol. The summed E-state index contributed by atoms with van der Waals surface area (Å²) in [5.41, 5.74) is 0.735. The van der Waals surface area contributed by atoms with Gasteiger partial charge in [-0.2, -0.15) is 0 Å². The fourth-order valence-electron chi connectivity index (χ4n) is 3.46. The summed E-state index contributed by atoms with van der Waals surface area (Å²) in [4.78, 5) is 12.8. The average molecular weight is 428 g/mol. The molecule has 1 aliphatic rings. The highest BCUT2D eigenvalue weighted by Crippen LogP contribution is 2.29. The van der Waals surface area contributed by atoms with Crippen molar-refractivity contribution in [2.45, 2.75) is 12.8 Å². The third kappa shape index (κ3) is 4.73. The summed E-state index contributed by atoms with van der Waals surface area (Å²) in [7, 11) is 1.73. The van der Waals surface area contributed by atoms with Gasteiger partial charge in [0.2, 0.25) is 0 Å². The molecular formula is C19H24BrClN2O2. The predicted octanol–water partition coefficient (Wildman–Crippen LogP) is 3.77. The minimum Gasteiger partial charge on any atom is -0.384 e. The first-order chi connectivity index (χ1) is 11.6. The monoisotopic (exact) mass is 426 g/mol. The zero-order valence-corrected chi connectivity index (χ0v) is 16.7. The minimum atomic E-state index is -0.0264. The van der Waals surface area contributed by atoms with Crippen molar-refractivity contribution in [1.82, 2.24) is 10.6 Å². The lowest BCUT2D eigenvalue weighted by Gasteiger charge is -2.37. The molecule has 2 N–H and O–H groups in total. The molecule has 136 valence electrons. The van der Waals surface area contributed by atoms with E-state index in [-0.39, 0.29) is 23.7 Å². The lowest BCUT2D eigenvalue weighted by molar-refractivity contribution is 0.0512. The van der Waals surface area contributed by atoms with Gasteiger partial charge in [0, 0.05) is 29.1 Å². The lowest BCUT2D eigenvalue weighted by atomic mass is 9.79. The fraction of sp³-hybridized carbons (Fsp3) is 0.421. The molecule has 2 aromatic rings. The summed E-state index contributed by atoms with van der Waals surface area (Å²) in [5.74, 6) is -0.0264. The molecule has 0 spiro atoms. The Morgan fingerprint density at radius 3 is 2.72 bits per heavy atom. The van der Waals surface area contributed by atoms with Crippen LogP contribution in [-0.2, 0) is 4.74 Å². The van der Waals surface area contributed by atoms with Crippen molar-refractivity contribution in [3.8, 4) is 0 Å². The van der Waals surface area contributed by atoms with E-state index in [4.69, 9.17) is 4.74 Å². The van der Waals surface area contributed by atoms with Crippen molar-refractivity contribution in [3.63, 3.8) is 0 Å². The fourth-order valence-corrected chi connectivity index (χ4v) is 3.94. The largest absolute Gasteiger partial charge is 0.384 e. The number of fused-ring (bicyclic) bond motifs is 1. The van der Waals surface area contributed by atoms with E-state index in [1.165, 1.54) is 0 Å². The molecule has 6 heteroatoms. The minimum absolute atomic E-state index is 0. The molecule has 1 heterocycles. The molecular weight excluding hydrogens is 404 g/mol. The van der Waals surface area contributed by atoms with Crippen molar-refractivity contribution >= 4 is 45.0 Å². The van der Waals surface area contributed by atoms with Crippen molar-refractivity contribution in [1.29, 1.82) is 0 Å². The number of carbonyl (C=O) groups is 1. The van der Waals surface area contributed by atoms with E-state index in [9.17, 15) is 4.79 Å². The van der Waals surface area contributed by atoms with E-state index >= 15 is 0 Å². The quantitative estimate of drug-likeness (QED) is 0.764. The zero-order valence-electron chi connectivity index (χ0n) is 14.3. The van der Waals surface area contributed by atoms with Crippen LogP contribution in [0, 0.1) is 5.41 Å². The van der Waals surface area contributed by atoms with Crippen LogP contribution < -0.4 is 10.6 Å². The number of halogens is 2. The maximum Gasteiger partial charge on any atom is 0.251 e. The second kappa shape index (κ2) is 8.99. The number of methoxy groups -OCH3 is 1. The molecule has 1 aliphatic heterocycles. The summed E-state index contributed by atoms with van der Waals surface area (Å²) in [6, 6.07) is 11.9. The summed E-state index contributed by atoms with van der Waals surface area (Å²) >= 11 is 3.51. The molecule has 1 saturated heterocycles. The second-order valence-corrected chi connectivity index (χ2v) is 7.46. The SMILES string of the molecule is COCC1(CNC(=O)c2cc(Br)cc3ccccc23)CCNCC1.Cl. The van der Waals surface area contributed by atoms with Gasteiger partial charge in [-0.15, -0.1) is 12.4 Å². The second-order valence-electron chi connectivity index (χ2n) is 6.54. The standard InChI is InChI=1S/C19H23BrN2O2.ClH/c1-24-13-19(6-8-21-9-7-19)12-22-18(23)17-11-15(20)10-14-4-2-3-5-16(14)17;/h2-5,10-11,21H,6-9,12-13H2,1H3,(H,22,23);1H. The molecule has 0 atom stereocenters. The first-order valence-electron chi connectivity index (χ1n) is 8.30. The molecule has 0 saturated carbocycles. The molecule has 0 bridgehead atoms. The van der Waals surface area contributed by atoms with Gasteiger partial charge in [0.1, 0.15) is 0 Å². The number of rotatable bonds is 5. The number of ether oxygens (including phenoxy) is 1. The van der Waals surface area contributed by atoms with Crippen LogP contribution >= 0.6 is 28.3 Å². The van der Waals surface area contributed by atoms with Crippen LogP contribution in [0.3, 0.4) is 0 Å². The maximum atomic E-state index is 12.8. The van der Waals surface area contributed by atoms with Gasteiger partial charge in [0.05, 0.1) is 6.61 Å². The van der Waals surface area contributed by atoms with E-state index in [0.29, 0.717) is 18.7 Å². The van der Waals surface area contributed by atoms with Gasteiger partial charge in [0.25, 0.3) is 5.91 Å². The van der Waals surface area contributed by atoms with Gasteiger partial charge < -0.3 is 15.4 Å². The Morgan fingerprint density at radius 2 is 2.00 bits per heavy atom. The van der Waals surface area contributed by atoms with Gasteiger partial charge in [0.15, 0.2) is 0 Å². The van der Waals surface area contributed by atoms with E-state index in [1.807, 2.05) is 36.4 Å². The van der Waals surface area contributed by atoms with Crippen LogP contribution in [0.25, 0.3) is 10.8 Å². The summed E-state index contributed by atoms with van der Waals surface area (Å²) in [5, 5.41) is 8.56. The summed E-state index contributed by atoms with van der Waals surface area (Å²) in [6.45, 7) is 3.26. The Bertz CT molecular complexity index is 727. The Labute approximate surface area is 163 Å². The highest BCUT2D eigenvalue weighted by atomic mass is 79.9. The van der Waals surface area contributed by atoms with Crippen LogP contribution in [0.2, 0.25) is 0 Å². The highest BCUT2D eigenvalue weighted by Gasteiger charge is 2.32. The normalized spacial score (nSPS) is 16.2. The van der Waals surface area contributed by atoms with Gasteiger partial charge in [-0.25, -0.2) is 0 Å². The first-order valence-corrected chi connectivity index (χ1v) is 9.09. The molecule has 0 aliphatic carbocycles. The third-order valence-electron chi connectivity index (χ3n) is 4.81. The topological polar surface area (TPSA) is 50.4 Å². The number of nitrogens with one attached hydrogen (secondary N) is 2. The van der Waals surface area contributed by atoms with Crippen LogP contribution in [-0.4, -0.2) is 39.3 Å². The Hall–Kier alpha value is -1.14. The van der Waals surface area contributed by atoms with E-state index < -0.39 is 0 Å². The average Bonchev–Trinajstić information content (AvgIpc) is 2.60. The zero-order chi connectivity index (χ0) is 17.0. The molecule has 1 amide bonds. The maximum absolute atomic E-state index is 12.8. The number of hydrogen-bond acceptors (Lipinski definition) is 3. The number of carbonyl (C=O) groups excluding carboxylic acids is 1. The lowest BCUT2D eigenvalue weighted by Crippen LogP contribution is -2.47. The van der Waals surface area contributed by atoms with Crippen LogP contribution in [0.4, 0.5) is 0 Å². The third-order valence-corrected chi connectivity index (χ3v) is 5.27. The van der Waals surface area contributed by atoms with Gasteiger partial charge in [-0.05, 0) is 48.8 Å². The molecule has 1 fully saturated rings. The Kier molecular flexibility index (Phi) is 7.25. The number of piperidine rings is 1. The van der Waals surface area contributed by atoms with Crippen molar-refractivity contribution in [3.05, 3.63) is 46.4 Å².